The molecule has 0 saturated carbocycles. The van der Waals surface area contributed by atoms with Crippen LogP contribution < -0.4 is 10.6 Å². The molecule has 3 rings (SSSR count). The van der Waals surface area contributed by atoms with E-state index in [-0.39, 0.29) is 0 Å². The Morgan fingerprint density at radius 1 is 1.05 bits per heavy atom. The third-order valence-electron chi connectivity index (χ3n) is 4.50. The summed E-state index contributed by atoms with van der Waals surface area (Å²) in [7, 11) is 0. The third kappa shape index (κ3) is 3.00. The Morgan fingerprint density at radius 3 is 2.47 bits per heavy atom. The highest BCUT2D eigenvalue weighted by Crippen LogP contribution is 2.25. The summed E-state index contributed by atoms with van der Waals surface area (Å²) in [6, 6.07) is 4.86. The van der Waals surface area contributed by atoms with Gasteiger partial charge in [-0.2, -0.15) is 0 Å². The van der Waals surface area contributed by atoms with Crippen LogP contribution in [-0.4, -0.2) is 42.1 Å². The lowest BCUT2D eigenvalue weighted by atomic mass is 9.99. The molecule has 3 heterocycles. The predicted octanol–water partition coefficient (Wildman–Crippen LogP) is 2.12. The molecule has 1 aromatic rings. The van der Waals surface area contributed by atoms with Crippen molar-refractivity contribution in [1.82, 2.24) is 9.88 Å². The van der Waals surface area contributed by atoms with E-state index in [1.54, 1.807) is 6.20 Å². The van der Waals surface area contributed by atoms with Crippen LogP contribution in [0.15, 0.2) is 18.3 Å². The fourth-order valence-corrected chi connectivity index (χ4v) is 3.41. The van der Waals surface area contributed by atoms with Gasteiger partial charge in [0, 0.05) is 37.1 Å². The van der Waals surface area contributed by atoms with Gasteiger partial charge < -0.3 is 15.5 Å². The molecule has 1 aromatic heterocycles. The van der Waals surface area contributed by atoms with Gasteiger partial charge in [-0.15, -0.1) is 0 Å². The van der Waals surface area contributed by atoms with Gasteiger partial charge in [0.2, 0.25) is 0 Å². The number of hydrogen-bond donors (Lipinski definition) is 1. The van der Waals surface area contributed by atoms with Crippen molar-refractivity contribution in [3.8, 4) is 0 Å². The van der Waals surface area contributed by atoms with Crippen LogP contribution in [-0.2, 0) is 0 Å². The Hall–Kier alpha value is -1.29. The average Bonchev–Trinajstić information content (AvgIpc) is 2.48. The molecule has 2 aliphatic rings. The number of rotatable bonds is 2. The summed E-state index contributed by atoms with van der Waals surface area (Å²) in [5.41, 5.74) is 6.99. The first-order valence-corrected chi connectivity index (χ1v) is 7.53. The number of aromatic nitrogens is 1. The summed E-state index contributed by atoms with van der Waals surface area (Å²) in [5, 5.41) is 0. The lowest BCUT2D eigenvalue weighted by Crippen LogP contribution is -2.46. The molecule has 0 aliphatic carbocycles. The molecular weight excluding hydrogens is 236 g/mol. The molecule has 0 spiro atoms. The summed E-state index contributed by atoms with van der Waals surface area (Å²) in [4.78, 5) is 9.22. The summed E-state index contributed by atoms with van der Waals surface area (Å²) < 4.78 is 0. The van der Waals surface area contributed by atoms with Crippen molar-refractivity contribution in [2.75, 3.05) is 36.8 Å². The molecule has 2 fully saturated rings. The molecule has 19 heavy (non-hydrogen) atoms. The van der Waals surface area contributed by atoms with Crippen molar-refractivity contribution in [1.29, 1.82) is 0 Å². The Bertz CT molecular complexity index is 406. The number of likely N-dealkylation sites (tertiary alicyclic amines) is 1. The van der Waals surface area contributed by atoms with Crippen LogP contribution in [0.1, 0.15) is 32.1 Å². The largest absolute Gasteiger partial charge is 0.384 e. The smallest absolute Gasteiger partial charge is 0.125 e. The van der Waals surface area contributed by atoms with Gasteiger partial charge in [-0.25, -0.2) is 4.98 Å². The second-order valence-electron chi connectivity index (χ2n) is 5.75. The van der Waals surface area contributed by atoms with Gasteiger partial charge in [-0.05, 0) is 44.8 Å². The summed E-state index contributed by atoms with van der Waals surface area (Å²) in [6.45, 7) is 4.91. The van der Waals surface area contributed by atoms with Crippen LogP contribution >= 0.6 is 0 Å². The molecule has 0 atom stereocenters. The molecule has 0 unspecified atom stereocenters. The number of piperidine rings is 2. The van der Waals surface area contributed by atoms with Crippen LogP contribution in [0.2, 0.25) is 0 Å². The third-order valence-corrected chi connectivity index (χ3v) is 4.50. The van der Waals surface area contributed by atoms with Gasteiger partial charge >= 0.3 is 0 Å². The monoisotopic (exact) mass is 260 g/mol. The second kappa shape index (κ2) is 5.78. The van der Waals surface area contributed by atoms with E-state index in [9.17, 15) is 0 Å². The summed E-state index contributed by atoms with van der Waals surface area (Å²) in [6.07, 6.45) is 8.57. The molecule has 0 aromatic carbocycles. The standard InChI is InChI=1S/C15H24N4/c16-15-12-14(4-7-17-15)19-10-5-13(6-11-19)18-8-2-1-3-9-18/h4,7,12-13H,1-3,5-6,8-11H2,(H2,16,17). The zero-order valence-corrected chi connectivity index (χ0v) is 11.6. The van der Waals surface area contributed by atoms with Gasteiger partial charge in [0.15, 0.2) is 0 Å². The highest BCUT2D eigenvalue weighted by Gasteiger charge is 2.25. The van der Waals surface area contributed by atoms with Crippen LogP contribution in [0.3, 0.4) is 0 Å². The maximum absolute atomic E-state index is 5.76. The number of pyridine rings is 1. The molecule has 4 nitrogen and oxygen atoms in total. The first-order chi connectivity index (χ1) is 9.33. The van der Waals surface area contributed by atoms with Crippen LogP contribution in [0, 0.1) is 0 Å². The van der Waals surface area contributed by atoms with E-state index in [0.717, 1.165) is 19.1 Å². The summed E-state index contributed by atoms with van der Waals surface area (Å²) in [5.74, 6) is 0.621. The summed E-state index contributed by atoms with van der Waals surface area (Å²) >= 11 is 0. The highest BCUT2D eigenvalue weighted by molar-refractivity contribution is 5.52. The van der Waals surface area contributed by atoms with Gasteiger partial charge in [0.05, 0.1) is 0 Å². The molecule has 0 bridgehead atoms. The average molecular weight is 260 g/mol. The first-order valence-electron chi connectivity index (χ1n) is 7.53. The Morgan fingerprint density at radius 2 is 1.79 bits per heavy atom. The molecule has 2 N–H and O–H groups in total. The SMILES string of the molecule is Nc1cc(N2CCC(N3CCCCC3)CC2)ccn1. The second-order valence-corrected chi connectivity index (χ2v) is 5.75. The van der Waals surface area contributed by atoms with E-state index < -0.39 is 0 Å². The topological polar surface area (TPSA) is 45.4 Å². The minimum atomic E-state index is 0.621. The predicted molar refractivity (Wildman–Crippen MR) is 79.3 cm³/mol. The molecule has 0 radical (unpaired) electrons. The Kier molecular flexibility index (Phi) is 3.87. The lowest BCUT2D eigenvalue weighted by Gasteiger charge is -2.41. The number of nitrogens with two attached hydrogens (primary N) is 1. The van der Waals surface area contributed by atoms with Gasteiger partial charge in [-0.3, -0.25) is 0 Å². The zero-order chi connectivity index (χ0) is 13.1. The van der Waals surface area contributed by atoms with E-state index in [4.69, 9.17) is 5.73 Å². The van der Waals surface area contributed by atoms with E-state index in [1.807, 2.05) is 6.07 Å². The van der Waals surface area contributed by atoms with E-state index in [0.29, 0.717) is 5.82 Å². The minimum Gasteiger partial charge on any atom is -0.384 e. The van der Waals surface area contributed by atoms with Crippen LogP contribution in [0.5, 0.6) is 0 Å². The number of nitrogen functional groups attached to an aromatic ring is 1. The highest BCUT2D eigenvalue weighted by atomic mass is 15.2. The molecule has 4 heteroatoms. The quantitative estimate of drug-likeness (QED) is 0.884. The van der Waals surface area contributed by atoms with Gasteiger partial charge in [0.25, 0.3) is 0 Å². The van der Waals surface area contributed by atoms with E-state index >= 15 is 0 Å². The fraction of sp³-hybridized carbons (Fsp3) is 0.667. The van der Waals surface area contributed by atoms with Crippen molar-refractivity contribution in [2.45, 2.75) is 38.1 Å². The van der Waals surface area contributed by atoms with Gasteiger partial charge in [-0.1, -0.05) is 6.42 Å². The molecule has 2 saturated heterocycles. The Labute approximate surface area is 115 Å². The van der Waals surface area contributed by atoms with Crippen LogP contribution in [0.25, 0.3) is 0 Å². The first kappa shape index (κ1) is 12.7. The normalized spacial score (nSPS) is 22.6. The van der Waals surface area contributed by atoms with E-state index in [2.05, 4.69) is 20.9 Å². The lowest BCUT2D eigenvalue weighted by molar-refractivity contribution is 0.141. The Balaban J connectivity index is 1.57. The van der Waals surface area contributed by atoms with E-state index in [1.165, 1.54) is 50.9 Å². The van der Waals surface area contributed by atoms with Crippen molar-refractivity contribution in [3.63, 3.8) is 0 Å². The van der Waals surface area contributed by atoms with Crippen molar-refractivity contribution in [3.05, 3.63) is 18.3 Å². The van der Waals surface area contributed by atoms with Crippen molar-refractivity contribution >= 4 is 11.5 Å². The molecule has 2 aliphatic heterocycles. The number of nitrogens with zero attached hydrogens (tertiary/aromatic N) is 3. The number of anilines is 2. The molecule has 0 amide bonds. The maximum atomic E-state index is 5.76. The number of hydrogen-bond acceptors (Lipinski definition) is 4. The van der Waals surface area contributed by atoms with Crippen molar-refractivity contribution in [2.24, 2.45) is 0 Å². The minimum absolute atomic E-state index is 0.621. The van der Waals surface area contributed by atoms with Crippen LogP contribution in [0.4, 0.5) is 11.5 Å². The van der Waals surface area contributed by atoms with Crippen molar-refractivity contribution < 1.29 is 0 Å². The fourth-order valence-electron chi connectivity index (χ4n) is 3.41. The maximum Gasteiger partial charge on any atom is 0.125 e. The van der Waals surface area contributed by atoms with Gasteiger partial charge in [0.1, 0.15) is 5.82 Å². The molecule has 104 valence electrons. The zero-order valence-electron chi connectivity index (χ0n) is 11.6. The molecular formula is C15H24N4.